The first-order valence-corrected chi connectivity index (χ1v) is 12.2. The van der Waals surface area contributed by atoms with Crippen molar-refractivity contribution < 1.29 is 12.8 Å². The first-order chi connectivity index (χ1) is 14.2. The molecule has 1 aromatic heterocycles. The molecule has 9 heteroatoms. The Morgan fingerprint density at radius 2 is 1.90 bits per heavy atom. The van der Waals surface area contributed by atoms with Gasteiger partial charge in [0.05, 0.1) is 18.0 Å². The van der Waals surface area contributed by atoms with E-state index in [0.29, 0.717) is 30.2 Å². The third kappa shape index (κ3) is 6.55. The first-order valence-electron chi connectivity index (χ1n) is 10.2. The van der Waals surface area contributed by atoms with E-state index in [4.69, 9.17) is 0 Å². The van der Waals surface area contributed by atoms with Gasteiger partial charge < -0.3 is 10.6 Å². The summed E-state index contributed by atoms with van der Waals surface area (Å²) in [6.45, 7) is 7.56. The maximum absolute atomic E-state index is 13.8. The van der Waals surface area contributed by atoms with Crippen molar-refractivity contribution in [2.75, 3.05) is 12.8 Å². The molecule has 0 amide bonds. The minimum Gasteiger partial charge on any atom is -0.357 e. The van der Waals surface area contributed by atoms with Gasteiger partial charge in [-0.25, -0.2) is 17.8 Å². The molecule has 2 rings (SSSR count). The van der Waals surface area contributed by atoms with Crippen LogP contribution < -0.4 is 10.6 Å². The molecule has 30 heavy (non-hydrogen) atoms. The smallest absolute Gasteiger partial charge is 0.191 e. The highest BCUT2D eigenvalue weighted by Crippen LogP contribution is 2.17. The Morgan fingerprint density at radius 3 is 2.50 bits per heavy atom. The number of benzene rings is 1. The van der Waals surface area contributed by atoms with Crippen molar-refractivity contribution >= 4 is 15.8 Å². The number of guanidine groups is 1. The van der Waals surface area contributed by atoms with Crippen LogP contribution in [0.15, 0.2) is 23.2 Å². The standard InChI is InChI=1S/C21H32FN5O2S/c1-6-19-18(20(7-2)27(4)26-19)13-25-21(23-8-3)24-12-16-11-17(22)10-9-15(16)14-30(5,28)29/h9-11H,6-8,12-14H2,1-5H3,(H2,23,24,25). The number of rotatable bonds is 9. The first kappa shape index (κ1) is 23.9. The van der Waals surface area contributed by atoms with Crippen LogP contribution in [0.1, 0.15) is 48.8 Å². The average molecular weight is 438 g/mol. The lowest BCUT2D eigenvalue weighted by atomic mass is 10.1. The topological polar surface area (TPSA) is 88.4 Å². The van der Waals surface area contributed by atoms with Crippen LogP contribution >= 0.6 is 0 Å². The van der Waals surface area contributed by atoms with Crippen molar-refractivity contribution in [3.63, 3.8) is 0 Å². The van der Waals surface area contributed by atoms with Crippen molar-refractivity contribution in [1.29, 1.82) is 0 Å². The number of hydrogen-bond donors (Lipinski definition) is 2. The molecule has 0 aliphatic heterocycles. The molecular weight excluding hydrogens is 405 g/mol. The lowest BCUT2D eigenvalue weighted by Gasteiger charge is -2.13. The summed E-state index contributed by atoms with van der Waals surface area (Å²) < 4.78 is 39.1. The fourth-order valence-corrected chi connectivity index (χ4v) is 4.28. The number of aryl methyl sites for hydroxylation is 2. The minimum absolute atomic E-state index is 0.141. The average Bonchev–Trinajstić information content (AvgIpc) is 2.99. The van der Waals surface area contributed by atoms with Crippen molar-refractivity contribution in [2.45, 2.75) is 52.5 Å². The summed E-state index contributed by atoms with van der Waals surface area (Å²) in [4.78, 5) is 4.55. The van der Waals surface area contributed by atoms with E-state index in [1.54, 1.807) is 0 Å². The molecule has 0 spiro atoms. The Morgan fingerprint density at radius 1 is 1.17 bits per heavy atom. The van der Waals surface area contributed by atoms with Gasteiger partial charge in [0, 0.05) is 37.7 Å². The highest BCUT2D eigenvalue weighted by molar-refractivity contribution is 7.89. The van der Waals surface area contributed by atoms with E-state index in [0.717, 1.165) is 24.1 Å². The van der Waals surface area contributed by atoms with Gasteiger partial charge in [-0.15, -0.1) is 0 Å². The van der Waals surface area contributed by atoms with Crippen LogP contribution in [0.2, 0.25) is 0 Å². The van der Waals surface area contributed by atoms with Gasteiger partial charge in [0.2, 0.25) is 0 Å². The van der Waals surface area contributed by atoms with Crippen molar-refractivity contribution in [3.8, 4) is 0 Å². The quantitative estimate of drug-likeness (QED) is 0.465. The molecular formula is C21H32FN5O2S. The summed E-state index contributed by atoms with van der Waals surface area (Å²) in [5.74, 6) is 0.0308. The number of halogens is 1. The molecule has 166 valence electrons. The molecule has 0 saturated carbocycles. The maximum atomic E-state index is 13.8. The number of nitrogens with one attached hydrogen (secondary N) is 2. The summed E-state index contributed by atoms with van der Waals surface area (Å²) in [6, 6.07) is 4.13. The SMILES string of the molecule is CCNC(=NCc1cc(F)ccc1CS(C)(=O)=O)NCc1c(CC)nn(C)c1CC. The zero-order chi connectivity index (χ0) is 22.3. The zero-order valence-corrected chi connectivity index (χ0v) is 19.2. The molecule has 0 aliphatic rings. The van der Waals surface area contributed by atoms with Gasteiger partial charge in [0.25, 0.3) is 0 Å². The lowest BCUT2D eigenvalue weighted by molar-refractivity contribution is 0.600. The van der Waals surface area contributed by atoms with Crippen molar-refractivity contribution in [1.82, 2.24) is 20.4 Å². The monoisotopic (exact) mass is 437 g/mol. The van der Waals surface area contributed by atoms with Gasteiger partial charge in [-0.2, -0.15) is 5.10 Å². The second kappa shape index (κ2) is 10.6. The predicted octanol–water partition coefficient (Wildman–Crippen LogP) is 2.48. The molecule has 0 fully saturated rings. The van der Waals surface area contributed by atoms with E-state index in [9.17, 15) is 12.8 Å². The van der Waals surface area contributed by atoms with Crippen molar-refractivity contribution in [2.24, 2.45) is 12.0 Å². The summed E-state index contributed by atoms with van der Waals surface area (Å²) in [5.41, 5.74) is 4.51. The van der Waals surface area contributed by atoms with Crippen LogP contribution in [0.3, 0.4) is 0 Å². The van der Waals surface area contributed by atoms with E-state index in [1.165, 1.54) is 30.1 Å². The van der Waals surface area contributed by atoms with Crippen LogP contribution in [0.5, 0.6) is 0 Å². The largest absolute Gasteiger partial charge is 0.357 e. The van der Waals surface area contributed by atoms with E-state index >= 15 is 0 Å². The van der Waals surface area contributed by atoms with Crippen molar-refractivity contribution in [3.05, 3.63) is 52.1 Å². The highest BCUT2D eigenvalue weighted by Gasteiger charge is 2.14. The molecule has 2 aromatic rings. The molecule has 0 atom stereocenters. The number of sulfone groups is 1. The van der Waals surface area contributed by atoms with Gasteiger partial charge in [-0.3, -0.25) is 4.68 Å². The summed E-state index contributed by atoms with van der Waals surface area (Å²) in [5, 5.41) is 11.1. The van der Waals surface area contributed by atoms with Crippen LogP contribution in [0.4, 0.5) is 4.39 Å². The highest BCUT2D eigenvalue weighted by atomic mass is 32.2. The maximum Gasteiger partial charge on any atom is 0.191 e. The van der Waals surface area contributed by atoms with Crippen LogP contribution in [-0.4, -0.2) is 37.0 Å². The zero-order valence-electron chi connectivity index (χ0n) is 18.4. The van der Waals surface area contributed by atoms with Gasteiger partial charge >= 0.3 is 0 Å². The van der Waals surface area contributed by atoms with Gasteiger partial charge in [0.1, 0.15) is 5.82 Å². The Bertz CT molecular complexity index is 999. The molecule has 1 aromatic carbocycles. The molecule has 7 nitrogen and oxygen atoms in total. The molecule has 1 heterocycles. The number of aliphatic imine (C=N–C) groups is 1. The van der Waals surface area contributed by atoms with E-state index in [1.807, 2.05) is 18.7 Å². The second-order valence-corrected chi connectivity index (χ2v) is 9.37. The summed E-state index contributed by atoms with van der Waals surface area (Å²) >= 11 is 0. The second-order valence-electron chi connectivity index (χ2n) is 7.23. The Labute approximate surface area is 178 Å². The fraction of sp³-hybridized carbons (Fsp3) is 0.524. The molecule has 0 bridgehead atoms. The number of aromatic nitrogens is 2. The van der Waals surface area contributed by atoms with E-state index in [-0.39, 0.29) is 12.3 Å². The molecule has 0 radical (unpaired) electrons. The lowest BCUT2D eigenvalue weighted by Crippen LogP contribution is -2.37. The van der Waals surface area contributed by atoms with E-state index < -0.39 is 15.7 Å². The predicted molar refractivity (Wildman–Crippen MR) is 119 cm³/mol. The molecule has 2 N–H and O–H groups in total. The van der Waals surface area contributed by atoms with Crippen LogP contribution in [-0.2, 0) is 48.6 Å². The Kier molecular flexibility index (Phi) is 8.40. The van der Waals surface area contributed by atoms with Gasteiger partial charge in [-0.05, 0) is 43.0 Å². The fourth-order valence-electron chi connectivity index (χ4n) is 3.44. The van der Waals surface area contributed by atoms with E-state index in [2.05, 4.69) is 34.6 Å². The minimum atomic E-state index is -3.23. The summed E-state index contributed by atoms with van der Waals surface area (Å²) in [6.07, 6.45) is 2.89. The third-order valence-electron chi connectivity index (χ3n) is 4.80. The normalized spacial score (nSPS) is 12.3. The molecule has 0 aliphatic carbocycles. The molecule has 0 saturated heterocycles. The number of hydrogen-bond acceptors (Lipinski definition) is 4. The van der Waals surface area contributed by atoms with Gasteiger partial charge in [0.15, 0.2) is 15.8 Å². The summed E-state index contributed by atoms with van der Waals surface area (Å²) in [7, 11) is -1.28. The van der Waals surface area contributed by atoms with Crippen LogP contribution in [0, 0.1) is 5.82 Å². The Balaban J connectivity index is 2.23. The third-order valence-corrected chi connectivity index (χ3v) is 5.63. The number of nitrogens with zero attached hydrogens (tertiary/aromatic N) is 3. The van der Waals surface area contributed by atoms with Gasteiger partial charge in [-0.1, -0.05) is 19.9 Å². The Hall–Kier alpha value is -2.42. The van der Waals surface area contributed by atoms with Crippen LogP contribution in [0.25, 0.3) is 0 Å². The molecule has 0 unspecified atom stereocenters.